The van der Waals surface area contributed by atoms with E-state index in [1.165, 1.54) is 30.3 Å². The van der Waals surface area contributed by atoms with E-state index in [0.717, 1.165) is 30.2 Å². The summed E-state index contributed by atoms with van der Waals surface area (Å²) in [6, 6.07) is 8.26. The molecule has 1 atom stereocenters. The van der Waals surface area contributed by atoms with E-state index in [1.807, 2.05) is 18.3 Å². The largest absolute Gasteiger partial charge is 0.397 e. The van der Waals surface area contributed by atoms with Crippen LogP contribution in [0.2, 0.25) is 0 Å². The molecule has 0 amide bonds. The van der Waals surface area contributed by atoms with Crippen molar-refractivity contribution in [3.63, 3.8) is 0 Å². The number of nitrogens with two attached hydrogens (primary N) is 1. The Labute approximate surface area is 114 Å². The lowest BCUT2D eigenvalue weighted by molar-refractivity contribution is 0.405. The SMILES string of the molecule is CCC1CCCN(c2ccc(N)c3ncccc23)C1. The normalized spacial score (nSPS) is 19.8. The van der Waals surface area contributed by atoms with Crippen molar-refractivity contribution in [3.8, 4) is 0 Å². The molecular weight excluding hydrogens is 234 g/mol. The van der Waals surface area contributed by atoms with E-state index < -0.39 is 0 Å². The smallest absolute Gasteiger partial charge is 0.0951 e. The molecule has 3 heteroatoms. The van der Waals surface area contributed by atoms with Crippen molar-refractivity contribution in [3.05, 3.63) is 30.5 Å². The Bertz CT molecular complexity index is 579. The van der Waals surface area contributed by atoms with E-state index in [2.05, 4.69) is 28.9 Å². The highest BCUT2D eigenvalue weighted by molar-refractivity contribution is 5.98. The minimum atomic E-state index is 0.767. The Hall–Kier alpha value is -1.77. The molecule has 1 aromatic carbocycles. The molecule has 2 aromatic rings. The van der Waals surface area contributed by atoms with Crippen LogP contribution in [-0.4, -0.2) is 18.1 Å². The number of nitrogens with zero attached hydrogens (tertiary/aromatic N) is 2. The second-order valence-corrected chi connectivity index (χ2v) is 5.44. The third-order valence-electron chi connectivity index (χ3n) is 4.21. The van der Waals surface area contributed by atoms with E-state index in [9.17, 15) is 0 Å². The van der Waals surface area contributed by atoms with Crippen molar-refractivity contribution >= 4 is 22.3 Å². The third-order valence-corrected chi connectivity index (χ3v) is 4.21. The predicted molar refractivity (Wildman–Crippen MR) is 81.4 cm³/mol. The molecule has 100 valence electrons. The molecule has 19 heavy (non-hydrogen) atoms. The molecule has 1 fully saturated rings. The van der Waals surface area contributed by atoms with Crippen molar-refractivity contribution in [1.82, 2.24) is 4.98 Å². The summed E-state index contributed by atoms with van der Waals surface area (Å²) in [5.74, 6) is 0.818. The summed E-state index contributed by atoms with van der Waals surface area (Å²) >= 11 is 0. The lowest BCUT2D eigenvalue weighted by Crippen LogP contribution is -2.35. The molecule has 0 radical (unpaired) electrons. The van der Waals surface area contributed by atoms with Crippen molar-refractivity contribution in [1.29, 1.82) is 0 Å². The zero-order valence-corrected chi connectivity index (χ0v) is 11.5. The van der Waals surface area contributed by atoms with Crippen LogP contribution in [-0.2, 0) is 0 Å². The lowest BCUT2D eigenvalue weighted by atomic mass is 9.95. The van der Waals surface area contributed by atoms with E-state index in [1.54, 1.807) is 0 Å². The lowest BCUT2D eigenvalue weighted by Gasteiger charge is -2.34. The van der Waals surface area contributed by atoms with Gasteiger partial charge in [0.2, 0.25) is 0 Å². The number of benzene rings is 1. The number of nitrogen functional groups attached to an aromatic ring is 1. The number of pyridine rings is 1. The molecule has 1 aliphatic heterocycles. The predicted octanol–water partition coefficient (Wildman–Crippen LogP) is 3.44. The average Bonchev–Trinajstić information content (AvgIpc) is 2.48. The molecular formula is C16H21N3. The maximum atomic E-state index is 6.03. The molecule has 2 N–H and O–H groups in total. The number of hydrogen-bond donors (Lipinski definition) is 1. The molecule has 1 aliphatic rings. The molecule has 0 saturated carbocycles. The first kappa shape index (κ1) is 12.3. The van der Waals surface area contributed by atoms with Crippen molar-refractivity contribution in [2.75, 3.05) is 23.7 Å². The minimum absolute atomic E-state index is 0.767. The van der Waals surface area contributed by atoms with Gasteiger partial charge in [-0.2, -0.15) is 0 Å². The van der Waals surface area contributed by atoms with Gasteiger partial charge in [-0.1, -0.05) is 13.3 Å². The molecule has 3 nitrogen and oxygen atoms in total. The summed E-state index contributed by atoms with van der Waals surface area (Å²) in [5, 5.41) is 1.18. The van der Waals surface area contributed by atoms with Crippen LogP contribution in [0.15, 0.2) is 30.5 Å². The summed E-state index contributed by atoms with van der Waals surface area (Å²) in [6.07, 6.45) is 5.72. The summed E-state index contributed by atoms with van der Waals surface area (Å²) in [7, 11) is 0. The number of piperidine rings is 1. The van der Waals surface area contributed by atoms with Gasteiger partial charge in [-0.05, 0) is 43.0 Å². The first-order valence-corrected chi connectivity index (χ1v) is 7.17. The van der Waals surface area contributed by atoms with Crippen LogP contribution >= 0.6 is 0 Å². The highest BCUT2D eigenvalue weighted by atomic mass is 15.1. The average molecular weight is 255 g/mol. The molecule has 1 saturated heterocycles. The molecule has 1 aromatic heterocycles. The van der Waals surface area contributed by atoms with Gasteiger partial charge in [0.1, 0.15) is 0 Å². The fourth-order valence-electron chi connectivity index (χ4n) is 3.07. The van der Waals surface area contributed by atoms with Crippen LogP contribution in [0, 0.1) is 5.92 Å². The zero-order chi connectivity index (χ0) is 13.2. The van der Waals surface area contributed by atoms with Gasteiger partial charge in [-0.15, -0.1) is 0 Å². The van der Waals surface area contributed by atoms with Crippen LogP contribution < -0.4 is 10.6 Å². The van der Waals surface area contributed by atoms with E-state index in [0.29, 0.717) is 0 Å². The molecule has 1 unspecified atom stereocenters. The van der Waals surface area contributed by atoms with Crippen molar-refractivity contribution in [2.45, 2.75) is 26.2 Å². The van der Waals surface area contributed by atoms with Crippen molar-refractivity contribution < 1.29 is 0 Å². The molecule has 0 spiro atoms. The Morgan fingerprint density at radius 1 is 1.37 bits per heavy atom. The highest BCUT2D eigenvalue weighted by Gasteiger charge is 2.20. The summed E-state index contributed by atoms with van der Waals surface area (Å²) in [5.41, 5.74) is 9.01. The molecule has 0 bridgehead atoms. The molecule has 0 aliphatic carbocycles. The van der Waals surface area contributed by atoms with Crippen LogP contribution in [0.5, 0.6) is 0 Å². The van der Waals surface area contributed by atoms with Gasteiger partial charge in [0.15, 0.2) is 0 Å². The van der Waals surface area contributed by atoms with Gasteiger partial charge in [0.05, 0.1) is 11.2 Å². The first-order valence-electron chi connectivity index (χ1n) is 7.17. The number of anilines is 2. The fraction of sp³-hybridized carbons (Fsp3) is 0.438. The van der Waals surface area contributed by atoms with Crippen molar-refractivity contribution in [2.24, 2.45) is 5.92 Å². The third kappa shape index (κ3) is 2.25. The van der Waals surface area contributed by atoms with Crippen LogP contribution in [0.4, 0.5) is 11.4 Å². The number of hydrogen-bond acceptors (Lipinski definition) is 3. The second-order valence-electron chi connectivity index (χ2n) is 5.44. The highest BCUT2D eigenvalue weighted by Crippen LogP contribution is 2.32. The summed E-state index contributed by atoms with van der Waals surface area (Å²) in [6.45, 7) is 4.59. The maximum Gasteiger partial charge on any atom is 0.0951 e. The van der Waals surface area contributed by atoms with Gasteiger partial charge in [-0.3, -0.25) is 4.98 Å². The monoisotopic (exact) mass is 255 g/mol. The van der Waals surface area contributed by atoms with E-state index >= 15 is 0 Å². The number of rotatable bonds is 2. The van der Waals surface area contributed by atoms with Gasteiger partial charge >= 0.3 is 0 Å². The van der Waals surface area contributed by atoms with Gasteiger partial charge in [-0.25, -0.2) is 0 Å². The zero-order valence-electron chi connectivity index (χ0n) is 11.5. The second kappa shape index (κ2) is 5.08. The van der Waals surface area contributed by atoms with E-state index in [-0.39, 0.29) is 0 Å². The minimum Gasteiger partial charge on any atom is -0.397 e. The molecule has 3 rings (SSSR count). The van der Waals surface area contributed by atoms with Gasteiger partial charge < -0.3 is 10.6 Å². The van der Waals surface area contributed by atoms with E-state index in [4.69, 9.17) is 5.73 Å². The maximum absolute atomic E-state index is 6.03. The van der Waals surface area contributed by atoms with Gasteiger partial charge in [0, 0.05) is 30.4 Å². The quantitative estimate of drug-likeness (QED) is 0.836. The van der Waals surface area contributed by atoms with Crippen LogP contribution in [0.3, 0.4) is 0 Å². The van der Waals surface area contributed by atoms with Crippen LogP contribution in [0.25, 0.3) is 10.9 Å². The standard InChI is InChI=1S/C16H21N3/c1-2-12-5-4-10-19(11-12)15-8-7-14(17)16-13(15)6-3-9-18-16/h3,6-9,12H,2,4-5,10-11,17H2,1H3. The Morgan fingerprint density at radius 3 is 3.11 bits per heavy atom. The molecule has 2 heterocycles. The first-order chi connectivity index (χ1) is 9.29. The van der Waals surface area contributed by atoms with Gasteiger partial charge in [0.25, 0.3) is 0 Å². The summed E-state index contributed by atoms with van der Waals surface area (Å²) < 4.78 is 0. The van der Waals surface area contributed by atoms with Crippen LogP contribution in [0.1, 0.15) is 26.2 Å². The Morgan fingerprint density at radius 2 is 2.26 bits per heavy atom. The Kier molecular flexibility index (Phi) is 3.28. The summed E-state index contributed by atoms with van der Waals surface area (Å²) in [4.78, 5) is 6.92. The Balaban J connectivity index is 2.03. The fourth-order valence-corrected chi connectivity index (χ4v) is 3.07. The number of aromatic nitrogens is 1. The number of fused-ring (bicyclic) bond motifs is 1. The topological polar surface area (TPSA) is 42.1 Å².